The van der Waals surface area contributed by atoms with Gasteiger partial charge in [-0.1, -0.05) is 43.5 Å². The Hall–Kier alpha value is -2.87. The molecule has 0 bridgehead atoms. The molecule has 4 rings (SSSR count). The number of rotatable bonds is 7. The number of hydrogen-bond donors (Lipinski definition) is 1. The standard InChI is InChI=1S/C25H30N2O5S/c1-18(24(28)26-17-19-8-3-2-4-9-19)32-25(29)21-11-7-12-22(16-21)33(30,31)27-15-14-20-10-5-6-13-23(20)27/h5-7,10-13,16,18-19H,2-4,8-9,14-15,17H2,1H3,(H,26,28). The molecule has 0 spiro atoms. The highest BCUT2D eigenvalue weighted by molar-refractivity contribution is 7.92. The SMILES string of the molecule is CC(OC(=O)c1cccc(S(=O)(=O)N2CCc3ccccc32)c1)C(=O)NCC1CCCCC1. The fourth-order valence-corrected chi connectivity index (χ4v) is 6.08. The summed E-state index contributed by atoms with van der Waals surface area (Å²) in [5.41, 5.74) is 1.73. The Balaban J connectivity index is 1.41. The van der Waals surface area contributed by atoms with Crippen LogP contribution in [0.15, 0.2) is 53.4 Å². The predicted octanol–water partition coefficient (Wildman–Crippen LogP) is 3.68. The van der Waals surface area contributed by atoms with Gasteiger partial charge in [0.25, 0.3) is 15.9 Å². The highest BCUT2D eigenvalue weighted by Gasteiger charge is 2.31. The lowest BCUT2D eigenvalue weighted by molar-refractivity contribution is -0.129. The van der Waals surface area contributed by atoms with Crippen molar-refractivity contribution in [1.82, 2.24) is 5.32 Å². The van der Waals surface area contributed by atoms with E-state index >= 15 is 0 Å². The van der Waals surface area contributed by atoms with Crippen LogP contribution in [0, 0.1) is 5.92 Å². The molecule has 1 aliphatic heterocycles. The van der Waals surface area contributed by atoms with Gasteiger partial charge in [-0.05, 0) is 61.9 Å². The summed E-state index contributed by atoms with van der Waals surface area (Å²) in [6.45, 7) is 2.47. The lowest BCUT2D eigenvalue weighted by Gasteiger charge is -2.22. The van der Waals surface area contributed by atoms with Crippen LogP contribution in [0.25, 0.3) is 0 Å². The summed E-state index contributed by atoms with van der Waals surface area (Å²) < 4.78 is 33.2. The molecular formula is C25H30N2O5S. The van der Waals surface area contributed by atoms with Gasteiger partial charge in [-0.15, -0.1) is 0 Å². The molecule has 1 amide bonds. The number of para-hydroxylation sites is 1. The third-order valence-electron chi connectivity index (χ3n) is 6.45. The number of nitrogens with zero attached hydrogens (tertiary/aromatic N) is 1. The fourth-order valence-electron chi connectivity index (χ4n) is 4.53. The summed E-state index contributed by atoms with van der Waals surface area (Å²) in [6, 6.07) is 13.2. The Morgan fingerprint density at radius 3 is 2.64 bits per heavy atom. The molecule has 2 aromatic rings. The molecule has 0 aromatic heterocycles. The molecule has 8 heteroatoms. The average Bonchev–Trinajstić information content (AvgIpc) is 3.28. The number of fused-ring (bicyclic) bond motifs is 1. The van der Waals surface area contributed by atoms with Gasteiger partial charge in [0.15, 0.2) is 6.10 Å². The van der Waals surface area contributed by atoms with Crippen molar-refractivity contribution >= 4 is 27.6 Å². The Morgan fingerprint density at radius 1 is 1.09 bits per heavy atom. The first-order valence-corrected chi connectivity index (χ1v) is 13.0. The number of carbonyl (C=O) groups is 2. The topological polar surface area (TPSA) is 92.8 Å². The molecule has 2 aliphatic rings. The summed E-state index contributed by atoms with van der Waals surface area (Å²) in [6.07, 6.45) is 5.52. The van der Waals surface area contributed by atoms with Crippen LogP contribution in [0.2, 0.25) is 0 Å². The second kappa shape index (κ2) is 9.95. The minimum atomic E-state index is -3.83. The van der Waals surface area contributed by atoms with Crippen LogP contribution in [-0.4, -0.2) is 39.5 Å². The lowest BCUT2D eigenvalue weighted by Crippen LogP contribution is -2.38. The molecule has 7 nitrogen and oxygen atoms in total. The maximum absolute atomic E-state index is 13.2. The van der Waals surface area contributed by atoms with E-state index in [4.69, 9.17) is 4.74 Å². The predicted molar refractivity (Wildman–Crippen MR) is 126 cm³/mol. The van der Waals surface area contributed by atoms with Crippen LogP contribution in [0.4, 0.5) is 5.69 Å². The zero-order valence-electron chi connectivity index (χ0n) is 18.8. The first-order chi connectivity index (χ1) is 15.9. The number of hydrogen-bond acceptors (Lipinski definition) is 5. The third-order valence-corrected chi connectivity index (χ3v) is 8.25. The molecule has 1 atom stereocenters. The van der Waals surface area contributed by atoms with E-state index in [1.54, 1.807) is 12.1 Å². The summed E-state index contributed by atoms with van der Waals surface area (Å²) >= 11 is 0. The largest absolute Gasteiger partial charge is 0.449 e. The van der Waals surface area contributed by atoms with Gasteiger partial charge in [-0.25, -0.2) is 13.2 Å². The van der Waals surface area contributed by atoms with Gasteiger partial charge in [-0.3, -0.25) is 9.10 Å². The van der Waals surface area contributed by atoms with Gasteiger partial charge in [0.05, 0.1) is 16.1 Å². The van der Waals surface area contributed by atoms with E-state index in [-0.39, 0.29) is 16.4 Å². The molecule has 1 N–H and O–H groups in total. The van der Waals surface area contributed by atoms with Crippen LogP contribution in [0.5, 0.6) is 0 Å². The second-order valence-electron chi connectivity index (χ2n) is 8.78. The van der Waals surface area contributed by atoms with E-state index in [1.165, 1.54) is 54.8 Å². The molecular weight excluding hydrogens is 440 g/mol. The van der Waals surface area contributed by atoms with E-state index in [1.807, 2.05) is 12.1 Å². The van der Waals surface area contributed by atoms with Crippen LogP contribution < -0.4 is 9.62 Å². The van der Waals surface area contributed by atoms with Crippen LogP contribution >= 0.6 is 0 Å². The van der Waals surface area contributed by atoms with Crippen molar-refractivity contribution in [3.05, 3.63) is 59.7 Å². The number of nitrogens with one attached hydrogen (secondary N) is 1. The van der Waals surface area contributed by atoms with Gasteiger partial charge < -0.3 is 10.1 Å². The normalized spacial score (nSPS) is 17.3. The molecule has 1 unspecified atom stereocenters. The molecule has 0 radical (unpaired) electrons. The first-order valence-electron chi connectivity index (χ1n) is 11.6. The minimum absolute atomic E-state index is 0.0167. The van der Waals surface area contributed by atoms with Crippen LogP contribution in [0.1, 0.15) is 54.9 Å². The van der Waals surface area contributed by atoms with Gasteiger partial charge in [0.2, 0.25) is 0 Å². The van der Waals surface area contributed by atoms with Crippen molar-refractivity contribution in [3.63, 3.8) is 0 Å². The van der Waals surface area contributed by atoms with E-state index in [0.29, 0.717) is 31.1 Å². The fraction of sp³-hybridized carbons (Fsp3) is 0.440. The van der Waals surface area contributed by atoms with Gasteiger partial charge in [0, 0.05) is 13.1 Å². The Bertz CT molecular complexity index is 1130. The lowest BCUT2D eigenvalue weighted by atomic mass is 9.89. The maximum Gasteiger partial charge on any atom is 0.338 e. The highest BCUT2D eigenvalue weighted by atomic mass is 32.2. The summed E-state index contributed by atoms with van der Waals surface area (Å²) in [7, 11) is -3.83. The molecule has 2 aromatic carbocycles. The van der Waals surface area contributed by atoms with E-state index in [9.17, 15) is 18.0 Å². The first kappa shape index (κ1) is 23.3. The smallest absolute Gasteiger partial charge is 0.338 e. The number of benzene rings is 2. The molecule has 1 saturated carbocycles. The highest BCUT2D eigenvalue weighted by Crippen LogP contribution is 2.32. The Kier molecular flexibility index (Phi) is 7.02. The average molecular weight is 471 g/mol. The van der Waals surface area contributed by atoms with Gasteiger partial charge >= 0.3 is 5.97 Å². The van der Waals surface area contributed by atoms with Crippen molar-refractivity contribution in [2.45, 2.75) is 56.4 Å². The number of ether oxygens (including phenoxy) is 1. The zero-order chi connectivity index (χ0) is 23.4. The molecule has 176 valence electrons. The molecule has 1 heterocycles. The molecule has 33 heavy (non-hydrogen) atoms. The van der Waals surface area contributed by atoms with Crippen LogP contribution in [0.3, 0.4) is 0 Å². The summed E-state index contributed by atoms with van der Waals surface area (Å²) in [5, 5.41) is 2.87. The van der Waals surface area contributed by atoms with Crippen molar-refractivity contribution < 1.29 is 22.7 Å². The van der Waals surface area contributed by atoms with Crippen molar-refractivity contribution in [3.8, 4) is 0 Å². The van der Waals surface area contributed by atoms with E-state index in [0.717, 1.165) is 18.4 Å². The van der Waals surface area contributed by atoms with Crippen LogP contribution in [-0.2, 0) is 26.0 Å². The van der Waals surface area contributed by atoms with Gasteiger partial charge in [-0.2, -0.15) is 0 Å². The van der Waals surface area contributed by atoms with Crippen molar-refractivity contribution in [2.24, 2.45) is 5.92 Å². The number of amides is 1. The quantitative estimate of drug-likeness (QED) is 0.623. The third kappa shape index (κ3) is 5.21. The molecule has 1 fully saturated rings. The molecule has 1 aliphatic carbocycles. The number of anilines is 1. The summed E-state index contributed by atoms with van der Waals surface area (Å²) in [4.78, 5) is 25.0. The number of esters is 1. The van der Waals surface area contributed by atoms with Gasteiger partial charge in [0.1, 0.15) is 0 Å². The maximum atomic E-state index is 13.2. The minimum Gasteiger partial charge on any atom is -0.449 e. The monoisotopic (exact) mass is 470 g/mol. The number of carbonyl (C=O) groups excluding carboxylic acids is 2. The Morgan fingerprint density at radius 2 is 1.85 bits per heavy atom. The Labute approximate surface area is 195 Å². The second-order valence-corrected chi connectivity index (χ2v) is 10.6. The number of sulfonamides is 1. The molecule has 0 saturated heterocycles. The van der Waals surface area contributed by atoms with E-state index in [2.05, 4.69) is 5.32 Å². The van der Waals surface area contributed by atoms with Crippen molar-refractivity contribution in [1.29, 1.82) is 0 Å². The van der Waals surface area contributed by atoms with Crippen molar-refractivity contribution in [2.75, 3.05) is 17.4 Å². The zero-order valence-corrected chi connectivity index (χ0v) is 19.6. The summed E-state index contributed by atoms with van der Waals surface area (Å²) in [5.74, 6) is -0.594. The van der Waals surface area contributed by atoms with E-state index < -0.39 is 22.1 Å².